The Bertz CT molecular complexity index is 426. The standard InChI is InChI=1S/C10H10BrF2NO3/c1-2-17-10(16)8-7(15)3-5(9(12)13)6(4-11)14-8/h3,9,15H,2,4H2,1H3. The van der Waals surface area contributed by atoms with Gasteiger partial charge in [-0.1, -0.05) is 15.9 Å². The number of rotatable bonds is 4. The van der Waals surface area contributed by atoms with Gasteiger partial charge in [0.2, 0.25) is 0 Å². The molecule has 4 nitrogen and oxygen atoms in total. The maximum absolute atomic E-state index is 12.6. The third-order valence-corrected chi connectivity index (χ3v) is 2.48. The summed E-state index contributed by atoms with van der Waals surface area (Å²) in [7, 11) is 0. The van der Waals surface area contributed by atoms with Crippen molar-refractivity contribution >= 4 is 21.9 Å². The van der Waals surface area contributed by atoms with Crippen LogP contribution < -0.4 is 0 Å². The molecule has 0 aliphatic carbocycles. The second kappa shape index (κ2) is 5.90. The SMILES string of the molecule is CCOC(=O)c1nc(CBr)c(C(F)F)cc1O. The number of ether oxygens (including phenoxy) is 1. The molecule has 0 aliphatic heterocycles. The van der Waals surface area contributed by atoms with E-state index in [2.05, 4.69) is 25.7 Å². The number of esters is 1. The summed E-state index contributed by atoms with van der Waals surface area (Å²) in [6, 6.07) is 0.834. The topological polar surface area (TPSA) is 59.4 Å². The smallest absolute Gasteiger partial charge is 0.360 e. The molecule has 0 radical (unpaired) electrons. The van der Waals surface area contributed by atoms with Crippen LogP contribution in [0.1, 0.15) is 35.1 Å². The third-order valence-electron chi connectivity index (χ3n) is 1.95. The second-order valence-electron chi connectivity index (χ2n) is 3.05. The molecular weight excluding hydrogens is 300 g/mol. The molecule has 7 heteroatoms. The van der Waals surface area contributed by atoms with Gasteiger partial charge in [-0.3, -0.25) is 0 Å². The lowest BCUT2D eigenvalue weighted by molar-refractivity contribution is 0.0514. The van der Waals surface area contributed by atoms with Gasteiger partial charge < -0.3 is 9.84 Å². The number of hydrogen-bond donors (Lipinski definition) is 1. The number of aromatic nitrogens is 1. The van der Waals surface area contributed by atoms with Crippen LogP contribution in [0.25, 0.3) is 0 Å². The number of pyridine rings is 1. The van der Waals surface area contributed by atoms with Crippen LogP contribution in [0.3, 0.4) is 0 Å². The maximum atomic E-state index is 12.6. The lowest BCUT2D eigenvalue weighted by Crippen LogP contribution is -2.10. The Morgan fingerprint density at radius 3 is 2.76 bits per heavy atom. The van der Waals surface area contributed by atoms with E-state index < -0.39 is 23.7 Å². The first-order chi connectivity index (χ1) is 8.01. The molecule has 1 heterocycles. The number of nitrogens with zero attached hydrogens (tertiary/aromatic N) is 1. The molecule has 94 valence electrons. The normalized spacial score (nSPS) is 10.6. The van der Waals surface area contributed by atoms with Crippen molar-refractivity contribution in [2.75, 3.05) is 6.61 Å². The van der Waals surface area contributed by atoms with E-state index >= 15 is 0 Å². The van der Waals surface area contributed by atoms with Crippen LogP contribution in [0.2, 0.25) is 0 Å². The van der Waals surface area contributed by atoms with Gasteiger partial charge in [-0.25, -0.2) is 18.6 Å². The van der Waals surface area contributed by atoms with Crippen LogP contribution in [0.15, 0.2) is 6.07 Å². The van der Waals surface area contributed by atoms with Crippen molar-refractivity contribution in [1.82, 2.24) is 4.98 Å². The van der Waals surface area contributed by atoms with Gasteiger partial charge in [0.25, 0.3) is 6.43 Å². The van der Waals surface area contributed by atoms with Crippen LogP contribution in [-0.4, -0.2) is 22.7 Å². The Hall–Kier alpha value is -1.24. The molecule has 0 spiro atoms. The quantitative estimate of drug-likeness (QED) is 0.686. The Kier molecular flexibility index (Phi) is 4.80. The van der Waals surface area contributed by atoms with E-state index in [0.29, 0.717) is 0 Å². The first-order valence-electron chi connectivity index (χ1n) is 4.75. The average Bonchev–Trinajstić information content (AvgIpc) is 2.28. The zero-order valence-corrected chi connectivity index (χ0v) is 10.5. The third kappa shape index (κ3) is 3.12. The molecule has 17 heavy (non-hydrogen) atoms. The number of carbonyl (C=O) groups excluding carboxylic acids is 1. The van der Waals surface area contributed by atoms with Crippen LogP contribution in [0.4, 0.5) is 8.78 Å². The number of alkyl halides is 3. The molecule has 1 aromatic rings. The number of carbonyl (C=O) groups is 1. The van der Waals surface area contributed by atoms with Gasteiger partial charge in [0.05, 0.1) is 12.3 Å². The summed E-state index contributed by atoms with van der Waals surface area (Å²) in [5.74, 6) is -1.45. The lowest BCUT2D eigenvalue weighted by atomic mass is 10.1. The molecule has 0 saturated heterocycles. The van der Waals surface area contributed by atoms with Crippen molar-refractivity contribution in [2.24, 2.45) is 0 Å². The van der Waals surface area contributed by atoms with E-state index in [4.69, 9.17) is 0 Å². The van der Waals surface area contributed by atoms with Gasteiger partial charge in [-0.2, -0.15) is 0 Å². The predicted molar refractivity (Wildman–Crippen MR) is 59.4 cm³/mol. The summed E-state index contributed by atoms with van der Waals surface area (Å²) in [5.41, 5.74) is -0.765. The Balaban J connectivity index is 3.22. The Morgan fingerprint density at radius 1 is 1.65 bits per heavy atom. The van der Waals surface area contributed by atoms with Crippen molar-refractivity contribution in [2.45, 2.75) is 18.7 Å². The molecule has 1 aromatic heterocycles. The minimum absolute atomic E-state index is 0.000790. The van der Waals surface area contributed by atoms with Gasteiger partial charge in [-0.15, -0.1) is 0 Å². The van der Waals surface area contributed by atoms with Gasteiger partial charge in [0, 0.05) is 10.9 Å². The summed E-state index contributed by atoms with van der Waals surface area (Å²) >= 11 is 2.99. The van der Waals surface area contributed by atoms with Crippen molar-refractivity contribution in [3.8, 4) is 5.75 Å². The fraction of sp³-hybridized carbons (Fsp3) is 0.400. The van der Waals surface area contributed by atoms with Gasteiger partial charge in [-0.05, 0) is 13.0 Å². The minimum Gasteiger partial charge on any atom is -0.505 e. The predicted octanol–water partition coefficient (Wildman–Crippen LogP) is 2.80. The van der Waals surface area contributed by atoms with Crippen molar-refractivity contribution in [3.63, 3.8) is 0 Å². The zero-order valence-electron chi connectivity index (χ0n) is 8.91. The molecule has 1 rings (SSSR count). The molecular formula is C10H10BrF2NO3. The van der Waals surface area contributed by atoms with Crippen molar-refractivity contribution in [1.29, 1.82) is 0 Å². The molecule has 0 aliphatic rings. The van der Waals surface area contributed by atoms with E-state index in [1.54, 1.807) is 6.92 Å². The Labute approximate surface area is 105 Å². The fourth-order valence-corrected chi connectivity index (χ4v) is 1.65. The van der Waals surface area contributed by atoms with E-state index in [-0.39, 0.29) is 23.3 Å². The van der Waals surface area contributed by atoms with E-state index in [1.807, 2.05) is 0 Å². The highest BCUT2D eigenvalue weighted by Gasteiger charge is 2.21. The van der Waals surface area contributed by atoms with Crippen molar-refractivity contribution in [3.05, 3.63) is 23.0 Å². The summed E-state index contributed by atoms with van der Waals surface area (Å²) in [4.78, 5) is 15.0. The average molecular weight is 310 g/mol. The summed E-state index contributed by atoms with van der Waals surface area (Å²) in [5, 5.41) is 9.50. The summed E-state index contributed by atoms with van der Waals surface area (Å²) in [6.07, 6.45) is -2.77. The van der Waals surface area contributed by atoms with E-state index in [9.17, 15) is 18.7 Å². The number of aromatic hydroxyl groups is 1. The summed E-state index contributed by atoms with van der Waals surface area (Å²) < 4.78 is 29.8. The first-order valence-corrected chi connectivity index (χ1v) is 5.87. The van der Waals surface area contributed by atoms with Crippen molar-refractivity contribution < 1.29 is 23.4 Å². The molecule has 0 fully saturated rings. The molecule has 0 saturated carbocycles. The molecule has 0 aromatic carbocycles. The van der Waals surface area contributed by atoms with Crippen LogP contribution in [-0.2, 0) is 10.1 Å². The highest BCUT2D eigenvalue weighted by molar-refractivity contribution is 9.08. The minimum atomic E-state index is -2.77. The largest absolute Gasteiger partial charge is 0.505 e. The van der Waals surface area contributed by atoms with E-state index in [0.717, 1.165) is 6.07 Å². The first kappa shape index (κ1) is 13.8. The van der Waals surface area contributed by atoms with Gasteiger partial charge >= 0.3 is 5.97 Å². The maximum Gasteiger partial charge on any atom is 0.360 e. The second-order valence-corrected chi connectivity index (χ2v) is 3.61. The number of hydrogen-bond acceptors (Lipinski definition) is 4. The summed E-state index contributed by atoms with van der Waals surface area (Å²) in [6.45, 7) is 1.70. The van der Waals surface area contributed by atoms with Gasteiger partial charge in [0.1, 0.15) is 5.75 Å². The van der Waals surface area contributed by atoms with Crippen LogP contribution in [0, 0.1) is 0 Å². The monoisotopic (exact) mass is 309 g/mol. The van der Waals surface area contributed by atoms with E-state index in [1.165, 1.54) is 0 Å². The molecule has 1 N–H and O–H groups in total. The zero-order chi connectivity index (χ0) is 13.0. The van der Waals surface area contributed by atoms with Crippen LogP contribution in [0.5, 0.6) is 5.75 Å². The lowest BCUT2D eigenvalue weighted by Gasteiger charge is -2.09. The Morgan fingerprint density at radius 2 is 2.29 bits per heavy atom. The number of halogens is 3. The fourth-order valence-electron chi connectivity index (χ4n) is 1.20. The molecule has 0 atom stereocenters. The molecule has 0 amide bonds. The van der Waals surface area contributed by atoms with Crippen LogP contribution >= 0.6 is 15.9 Å². The highest BCUT2D eigenvalue weighted by atomic mass is 79.9. The highest BCUT2D eigenvalue weighted by Crippen LogP contribution is 2.29. The molecule has 0 unspecified atom stereocenters. The molecule has 0 bridgehead atoms. The van der Waals surface area contributed by atoms with Gasteiger partial charge in [0.15, 0.2) is 5.69 Å².